The predicted molar refractivity (Wildman–Crippen MR) is 264 cm³/mol. The van der Waals surface area contributed by atoms with Crippen LogP contribution in [0.1, 0.15) is 47.8 Å². The fourth-order valence-corrected chi connectivity index (χ4v) is 6.99. The summed E-state index contributed by atoms with van der Waals surface area (Å²) in [5.74, 6) is -0.803. The van der Waals surface area contributed by atoms with E-state index in [-0.39, 0.29) is 20.1 Å². The van der Waals surface area contributed by atoms with Crippen molar-refractivity contribution in [3.63, 3.8) is 0 Å². The molecule has 0 aliphatic rings. The first-order valence-electron chi connectivity index (χ1n) is 17.5. The molecule has 0 saturated carbocycles. The summed E-state index contributed by atoms with van der Waals surface area (Å²) in [5, 5.41) is 35.7. The van der Waals surface area contributed by atoms with E-state index in [9.17, 15) is 19.5 Å². The molecule has 61 heavy (non-hydrogen) atoms. The molecule has 0 atom stereocenters. The van der Waals surface area contributed by atoms with E-state index in [1.54, 1.807) is 86.6 Å². The van der Waals surface area contributed by atoms with Crippen LogP contribution < -0.4 is 9.47 Å². The fraction of sp³-hybridized carbons (Fsp3) is 0.114. The van der Waals surface area contributed by atoms with Crippen molar-refractivity contribution in [2.75, 3.05) is 14.2 Å². The summed E-state index contributed by atoms with van der Waals surface area (Å²) in [5.41, 5.74) is 4.10. The number of aromatic carboxylic acids is 3. The number of ether oxygens (including phenoxy) is 2. The average molecular weight is 1140 g/mol. The Balaban J connectivity index is 0.000000282. The van der Waals surface area contributed by atoms with E-state index >= 15 is 0 Å². The van der Waals surface area contributed by atoms with Crippen LogP contribution in [-0.2, 0) is 0 Å². The normalized spacial score (nSPS) is 9.74. The summed E-state index contributed by atoms with van der Waals surface area (Å²) in [6.45, 7) is 5.95. The van der Waals surface area contributed by atoms with Crippen LogP contribution in [0.15, 0.2) is 156 Å². The number of aryl methyl sites for hydroxylation is 3. The van der Waals surface area contributed by atoms with Crippen molar-refractivity contribution >= 4 is 120 Å². The van der Waals surface area contributed by atoms with Crippen molar-refractivity contribution in [2.24, 2.45) is 0 Å². The van der Waals surface area contributed by atoms with Crippen molar-refractivity contribution in [3.05, 3.63) is 165 Å². The molecule has 9 nitrogen and oxygen atoms in total. The second kappa shape index (κ2) is 28.0. The number of thiol groups is 1. The minimum absolute atomic E-state index is 0.233. The maximum Gasteiger partial charge on any atom is 0.369 e. The Hall–Kier alpha value is -3.84. The van der Waals surface area contributed by atoms with Crippen LogP contribution >= 0.6 is 99.4 Å². The maximum atomic E-state index is 10.9. The van der Waals surface area contributed by atoms with E-state index < -0.39 is 17.9 Å². The molecule has 0 saturated heterocycles. The molecule has 0 aliphatic heterocycles. The number of halogens is 4. The Kier molecular flexibility index (Phi) is 24.4. The summed E-state index contributed by atoms with van der Waals surface area (Å²) in [6, 6.07) is 37.0. The SMILES string of the molecule is BrB(Br)Br.COc1ccc(Br)c(C)c1.COc1ccc(Sc2cccc(C(=O)O)c2)c(C)c1.Cc1cc(O)ccc1Sc1cccc(C(=O)O)c1.O=C(O)c1cccc(S)c1. The van der Waals surface area contributed by atoms with Crippen LogP contribution in [0.4, 0.5) is 0 Å². The van der Waals surface area contributed by atoms with E-state index in [0.717, 1.165) is 46.7 Å². The van der Waals surface area contributed by atoms with Crippen LogP contribution in [0.5, 0.6) is 17.2 Å². The summed E-state index contributed by atoms with van der Waals surface area (Å²) in [7, 11) is 3.31. The quantitative estimate of drug-likeness (QED) is 0.0695. The molecule has 0 radical (unpaired) electrons. The Morgan fingerprint density at radius 1 is 0.557 bits per heavy atom. The van der Waals surface area contributed by atoms with Crippen molar-refractivity contribution in [1.82, 2.24) is 0 Å². The minimum Gasteiger partial charge on any atom is -0.508 e. The highest BCUT2D eigenvalue weighted by Crippen LogP contribution is 2.33. The lowest BCUT2D eigenvalue weighted by atomic mass is 10.2. The van der Waals surface area contributed by atoms with Gasteiger partial charge in [-0.1, -0.05) is 57.7 Å². The third-order valence-electron chi connectivity index (χ3n) is 7.62. The van der Waals surface area contributed by atoms with Crippen molar-refractivity contribution < 1.29 is 44.3 Å². The summed E-state index contributed by atoms with van der Waals surface area (Å²) >= 11 is 19.7. The molecule has 0 fully saturated rings. The predicted octanol–water partition coefficient (Wildman–Crippen LogP) is 14.0. The van der Waals surface area contributed by atoms with Gasteiger partial charge in [-0.25, -0.2) is 14.4 Å². The average Bonchev–Trinajstić information content (AvgIpc) is 3.21. The molecule has 6 aromatic rings. The molecule has 6 aromatic carbocycles. The van der Waals surface area contributed by atoms with Crippen molar-refractivity contribution in [3.8, 4) is 17.2 Å². The van der Waals surface area contributed by atoms with Crippen LogP contribution in [0.3, 0.4) is 0 Å². The zero-order valence-corrected chi connectivity index (χ0v) is 42.2. The molecule has 0 spiro atoms. The molecule has 0 bridgehead atoms. The van der Waals surface area contributed by atoms with E-state index in [1.807, 2.05) is 75.4 Å². The van der Waals surface area contributed by atoms with Gasteiger partial charge in [0.2, 0.25) is 0 Å². The van der Waals surface area contributed by atoms with Crippen LogP contribution in [0, 0.1) is 20.8 Å². The Bertz CT molecular complexity index is 2380. The minimum atomic E-state index is -0.931. The molecule has 0 unspecified atom stereocenters. The first-order valence-corrected chi connectivity index (χ1v) is 23.2. The second-order valence-corrected chi connectivity index (χ2v) is 22.2. The summed E-state index contributed by atoms with van der Waals surface area (Å²) < 4.78 is 11.6. The first-order chi connectivity index (χ1) is 28.8. The largest absolute Gasteiger partial charge is 0.508 e. The topological polar surface area (TPSA) is 151 Å². The van der Waals surface area contributed by atoms with Gasteiger partial charge in [-0.05, 0) is 147 Å². The molecule has 6 rings (SSSR count). The zero-order chi connectivity index (χ0) is 45.6. The molecule has 320 valence electrons. The Morgan fingerprint density at radius 2 is 0.951 bits per heavy atom. The Labute approximate surface area is 403 Å². The molecule has 4 N–H and O–H groups in total. The molecule has 0 aliphatic carbocycles. The monoisotopic (exact) mass is 1140 g/mol. The second-order valence-electron chi connectivity index (χ2n) is 12.2. The number of carbonyl (C=O) groups is 3. The number of hydrogen-bond acceptors (Lipinski definition) is 9. The fourth-order valence-electron chi connectivity index (χ4n) is 4.63. The summed E-state index contributed by atoms with van der Waals surface area (Å²) in [6.07, 6.45) is 0. The summed E-state index contributed by atoms with van der Waals surface area (Å²) in [4.78, 5) is 36.6. The van der Waals surface area contributed by atoms with Gasteiger partial charge in [-0.2, -0.15) is 0 Å². The van der Waals surface area contributed by atoms with E-state index in [1.165, 1.54) is 29.5 Å². The van der Waals surface area contributed by atoms with Gasteiger partial charge in [-0.3, -0.25) is 0 Å². The number of aromatic hydroxyl groups is 1. The Morgan fingerprint density at radius 3 is 1.33 bits per heavy atom. The lowest BCUT2D eigenvalue weighted by Gasteiger charge is -2.08. The van der Waals surface area contributed by atoms with Gasteiger partial charge in [0, 0.05) is 29.0 Å². The van der Waals surface area contributed by atoms with Gasteiger partial charge >= 0.3 is 21.1 Å². The van der Waals surface area contributed by atoms with E-state index in [2.05, 4.69) is 75.8 Å². The van der Waals surface area contributed by atoms with Crippen molar-refractivity contribution in [2.45, 2.75) is 45.2 Å². The standard InChI is InChI=1S/C15H14O3S.C14H12O3S.C8H9BrO.C7H6O2S.BBr3/c1-10-8-12(18-2)6-7-14(10)19-13-5-3-4-11(9-13)15(16)17;1-9-7-11(15)5-6-13(9)18-12-4-2-3-10(8-12)14(16)17;1-6-5-7(10-2)3-4-8(6)9;8-7(9)5-2-1-3-6(10)4-5;2-1(3)4/h3-9H,1-2H3,(H,16,17);2-8,15H,1H3,(H,16,17);3-5H,1-2H3;1-4,10H,(H,8,9);. The van der Waals surface area contributed by atoms with Gasteiger partial charge in [0.1, 0.15) is 17.2 Å². The molecule has 17 heteroatoms. The highest BCUT2D eigenvalue weighted by atomic mass is 79.9. The van der Waals surface area contributed by atoms with Gasteiger partial charge in [0.25, 0.3) is 0 Å². The van der Waals surface area contributed by atoms with Gasteiger partial charge < -0.3 is 29.9 Å². The highest BCUT2D eigenvalue weighted by molar-refractivity contribution is 9.69. The smallest absolute Gasteiger partial charge is 0.369 e. The third kappa shape index (κ3) is 20.7. The van der Waals surface area contributed by atoms with E-state index in [0.29, 0.717) is 10.5 Å². The number of carboxylic acids is 3. The number of benzene rings is 6. The van der Waals surface area contributed by atoms with Crippen molar-refractivity contribution in [1.29, 1.82) is 0 Å². The highest BCUT2D eigenvalue weighted by Gasteiger charge is 2.08. The maximum absolute atomic E-state index is 10.9. The lowest BCUT2D eigenvalue weighted by Crippen LogP contribution is -1.95. The van der Waals surface area contributed by atoms with Gasteiger partial charge in [0.05, 0.1) is 30.9 Å². The molecule has 0 amide bonds. The third-order valence-corrected chi connectivity index (χ3v) is 11.1. The molecule has 0 aromatic heterocycles. The van der Waals surface area contributed by atoms with Gasteiger partial charge in [-0.15, -0.1) is 59.9 Å². The van der Waals surface area contributed by atoms with Gasteiger partial charge in [0.15, 0.2) is 0 Å². The molecular formula is C44H41BBr4O9S3. The number of rotatable bonds is 9. The van der Waals surface area contributed by atoms with Crippen LogP contribution in [0.2, 0.25) is 0 Å². The number of phenolic OH excluding ortho intramolecular Hbond substituents is 1. The number of carboxylic acid groups (broad SMARTS) is 3. The van der Waals surface area contributed by atoms with Crippen LogP contribution in [-0.4, -0.2) is 55.7 Å². The first kappa shape index (κ1) is 53.3. The number of phenols is 1. The lowest BCUT2D eigenvalue weighted by molar-refractivity contribution is 0.0685. The van der Waals surface area contributed by atoms with E-state index in [4.69, 9.17) is 24.8 Å². The molecule has 0 heterocycles. The zero-order valence-electron chi connectivity index (χ0n) is 33.3. The van der Waals surface area contributed by atoms with Crippen LogP contribution in [0.25, 0.3) is 0 Å². The number of methoxy groups -OCH3 is 2. The number of hydrogen-bond donors (Lipinski definition) is 5. The molecular weight excluding hydrogens is 1100 g/mol.